The number of nitrogens with zero attached hydrogens (tertiary/aromatic N) is 1. The van der Waals surface area contributed by atoms with Gasteiger partial charge in [-0.2, -0.15) is 0 Å². The van der Waals surface area contributed by atoms with Crippen LogP contribution in [0.15, 0.2) is 0 Å². The minimum Gasteiger partial charge on any atom is -0.481 e. The molecule has 1 amide bonds. The van der Waals surface area contributed by atoms with Gasteiger partial charge >= 0.3 is 5.97 Å². The lowest BCUT2D eigenvalue weighted by Gasteiger charge is -2.20. The SMILES string of the molecule is C[C@@H]1CN(C(=O)[C@@H]2CCCN2)C[C@H]1C(=O)O. The van der Waals surface area contributed by atoms with E-state index in [9.17, 15) is 9.59 Å². The summed E-state index contributed by atoms with van der Waals surface area (Å²) in [6.45, 7) is 3.73. The standard InChI is InChI=1S/C11H18N2O3/c1-7-5-13(6-8(7)11(15)16)10(14)9-3-2-4-12-9/h7-9,12H,2-6H2,1H3,(H,15,16)/t7-,8-,9+/m1/s1. The first-order valence-corrected chi connectivity index (χ1v) is 5.84. The van der Waals surface area contributed by atoms with Gasteiger partial charge in [-0.3, -0.25) is 9.59 Å². The molecule has 0 spiro atoms. The van der Waals surface area contributed by atoms with Gasteiger partial charge in [0.1, 0.15) is 0 Å². The number of carboxylic acids is 1. The Bertz CT molecular complexity index is 300. The van der Waals surface area contributed by atoms with Gasteiger partial charge in [0, 0.05) is 13.1 Å². The van der Waals surface area contributed by atoms with Crippen LogP contribution in [0.3, 0.4) is 0 Å². The zero-order valence-corrected chi connectivity index (χ0v) is 9.48. The molecule has 0 aromatic rings. The molecule has 5 nitrogen and oxygen atoms in total. The zero-order valence-electron chi connectivity index (χ0n) is 9.48. The predicted molar refractivity (Wildman–Crippen MR) is 57.9 cm³/mol. The van der Waals surface area contributed by atoms with Gasteiger partial charge in [0.25, 0.3) is 0 Å². The van der Waals surface area contributed by atoms with Crippen LogP contribution in [0, 0.1) is 11.8 Å². The quantitative estimate of drug-likeness (QED) is 0.691. The van der Waals surface area contributed by atoms with Crippen molar-refractivity contribution in [1.82, 2.24) is 10.2 Å². The second-order valence-electron chi connectivity index (χ2n) is 4.81. The summed E-state index contributed by atoms with van der Waals surface area (Å²) in [6.07, 6.45) is 1.91. The first-order valence-electron chi connectivity index (χ1n) is 5.84. The summed E-state index contributed by atoms with van der Waals surface area (Å²) in [5.74, 6) is -1.05. The Morgan fingerprint density at radius 3 is 2.62 bits per heavy atom. The average molecular weight is 226 g/mol. The molecule has 2 aliphatic rings. The largest absolute Gasteiger partial charge is 0.481 e. The number of aliphatic carboxylic acids is 1. The van der Waals surface area contributed by atoms with Crippen molar-refractivity contribution < 1.29 is 14.7 Å². The third-order valence-electron chi connectivity index (χ3n) is 3.60. The van der Waals surface area contributed by atoms with Crippen LogP contribution in [-0.4, -0.2) is 47.6 Å². The van der Waals surface area contributed by atoms with E-state index in [1.165, 1.54) is 0 Å². The molecule has 2 fully saturated rings. The lowest BCUT2D eigenvalue weighted by atomic mass is 9.99. The fourth-order valence-corrected chi connectivity index (χ4v) is 2.58. The Hall–Kier alpha value is -1.10. The summed E-state index contributed by atoms with van der Waals surface area (Å²) in [5.41, 5.74) is 0. The molecule has 5 heteroatoms. The number of nitrogens with one attached hydrogen (secondary N) is 1. The summed E-state index contributed by atoms with van der Waals surface area (Å²) in [6, 6.07) is -0.0836. The summed E-state index contributed by atoms with van der Waals surface area (Å²) >= 11 is 0. The Kier molecular flexibility index (Phi) is 3.14. The second kappa shape index (κ2) is 4.41. The van der Waals surface area contributed by atoms with Crippen LogP contribution in [0.2, 0.25) is 0 Å². The number of likely N-dealkylation sites (tertiary alicyclic amines) is 1. The van der Waals surface area contributed by atoms with Crippen molar-refractivity contribution in [1.29, 1.82) is 0 Å². The van der Waals surface area contributed by atoms with Crippen molar-refractivity contribution in [2.24, 2.45) is 11.8 Å². The highest BCUT2D eigenvalue weighted by molar-refractivity contribution is 5.83. The van der Waals surface area contributed by atoms with E-state index in [0.29, 0.717) is 13.1 Å². The number of carbonyl (C=O) groups excluding carboxylic acids is 1. The first-order chi connectivity index (χ1) is 7.59. The maximum absolute atomic E-state index is 12.0. The molecule has 16 heavy (non-hydrogen) atoms. The van der Waals surface area contributed by atoms with Gasteiger partial charge in [-0.05, 0) is 25.3 Å². The molecule has 2 aliphatic heterocycles. The van der Waals surface area contributed by atoms with Crippen molar-refractivity contribution in [3.8, 4) is 0 Å². The van der Waals surface area contributed by atoms with E-state index in [0.717, 1.165) is 19.4 Å². The molecule has 0 saturated carbocycles. The Labute approximate surface area is 94.8 Å². The minimum atomic E-state index is -0.790. The Morgan fingerprint density at radius 2 is 2.12 bits per heavy atom. The van der Waals surface area contributed by atoms with Crippen molar-refractivity contribution in [2.75, 3.05) is 19.6 Å². The topological polar surface area (TPSA) is 69.6 Å². The second-order valence-corrected chi connectivity index (χ2v) is 4.81. The van der Waals surface area contributed by atoms with E-state index in [4.69, 9.17) is 5.11 Å². The van der Waals surface area contributed by atoms with E-state index >= 15 is 0 Å². The smallest absolute Gasteiger partial charge is 0.308 e. The molecule has 2 heterocycles. The van der Waals surface area contributed by atoms with E-state index < -0.39 is 11.9 Å². The van der Waals surface area contributed by atoms with E-state index in [-0.39, 0.29) is 17.9 Å². The van der Waals surface area contributed by atoms with Crippen LogP contribution in [0.5, 0.6) is 0 Å². The predicted octanol–water partition coefficient (Wildman–Crippen LogP) is -0.0825. The maximum atomic E-state index is 12.0. The number of rotatable bonds is 2. The third-order valence-corrected chi connectivity index (χ3v) is 3.60. The van der Waals surface area contributed by atoms with E-state index in [1.54, 1.807) is 4.90 Å². The molecule has 0 aromatic carbocycles. The molecule has 0 aromatic heterocycles. The summed E-state index contributed by atoms with van der Waals surface area (Å²) in [7, 11) is 0. The van der Waals surface area contributed by atoms with Gasteiger partial charge in [-0.15, -0.1) is 0 Å². The molecule has 2 N–H and O–H groups in total. The third kappa shape index (κ3) is 2.04. The van der Waals surface area contributed by atoms with Gasteiger partial charge in [-0.1, -0.05) is 6.92 Å². The van der Waals surface area contributed by atoms with Gasteiger partial charge < -0.3 is 15.3 Å². The van der Waals surface area contributed by atoms with Crippen LogP contribution in [-0.2, 0) is 9.59 Å². The van der Waals surface area contributed by atoms with Gasteiger partial charge in [0.05, 0.1) is 12.0 Å². The number of carbonyl (C=O) groups is 2. The molecular weight excluding hydrogens is 208 g/mol. The lowest BCUT2D eigenvalue weighted by molar-refractivity contribution is -0.142. The van der Waals surface area contributed by atoms with Gasteiger partial charge in [0.15, 0.2) is 0 Å². The lowest BCUT2D eigenvalue weighted by Crippen LogP contribution is -2.42. The molecule has 2 rings (SSSR count). The van der Waals surface area contributed by atoms with Gasteiger partial charge in [-0.25, -0.2) is 0 Å². The van der Waals surface area contributed by atoms with Crippen LogP contribution in [0.25, 0.3) is 0 Å². The number of hydrogen-bond acceptors (Lipinski definition) is 3. The molecule has 2 saturated heterocycles. The van der Waals surface area contributed by atoms with Crippen LogP contribution in [0.1, 0.15) is 19.8 Å². The maximum Gasteiger partial charge on any atom is 0.308 e. The molecule has 90 valence electrons. The highest BCUT2D eigenvalue weighted by atomic mass is 16.4. The summed E-state index contributed by atoms with van der Waals surface area (Å²) in [4.78, 5) is 24.7. The van der Waals surface area contributed by atoms with Crippen molar-refractivity contribution in [2.45, 2.75) is 25.8 Å². The molecular formula is C11H18N2O3. The van der Waals surface area contributed by atoms with E-state index in [2.05, 4.69) is 5.32 Å². The zero-order chi connectivity index (χ0) is 11.7. The van der Waals surface area contributed by atoms with E-state index in [1.807, 2.05) is 6.92 Å². The fraction of sp³-hybridized carbons (Fsp3) is 0.818. The van der Waals surface area contributed by atoms with Gasteiger partial charge in [0.2, 0.25) is 5.91 Å². The monoisotopic (exact) mass is 226 g/mol. The van der Waals surface area contributed by atoms with Crippen LogP contribution >= 0.6 is 0 Å². The number of carboxylic acid groups (broad SMARTS) is 1. The Balaban J connectivity index is 1.96. The normalized spacial score (nSPS) is 34.3. The molecule has 3 atom stereocenters. The first kappa shape index (κ1) is 11.4. The van der Waals surface area contributed by atoms with Crippen LogP contribution in [0.4, 0.5) is 0 Å². The fourth-order valence-electron chi connectivity index (χ4n) is 2.58. The highest BCUT2D eigenvalue weighted by Gasteiger charge is 2.39. The summed E-state index contributed by atoms with van der Waals surface area (Å²) < 4.78 is 0. The van der Waals surface area contributed by atoms with Crippen molar-refractivity contribution >= 4 is 11.9 Å². The van der Waals surface area contributed by atoms with Crippen LogP contribution < -0.4 is 5.32 Å². The average Bonchev–Trinajstić information content (AvgIpc) is 2.84. The highest BCUT2D eigenvalue weighted by Crippen LogP contribution is 2.24. The van der Waals surface area contributed by atoms with Crippen molar-refractivity contribution in [3.63, 3.8) is 0 Å². The molecule has 0 bridgehead atoms. The minimum absolute atomic E-state index is 0.0582. The number of hydrogen-bond donors (Lipinski definition) is 2. The molecule has 0 radical (unpaired) electrons. The van der Waals surface area contributed by atoms with Crippen molar-refractivity contribution in [3.05, 3.63) is 0 Å². The number of amides is 1. The summed E-state index contributed by atoms with van der Waals surface area (Å²) in [5, 5.41) is 12.1. The molecule has 0 unspecified atom stereocenters. The Morgan fingerprint density at radius 1 is 1.38 bits per heavy atom. The molecule has 0 aliphatic carbocycles.